The van der Waals surface area contributed by atoms with Crippen LogP contribution in [0.4, 0.5) is 0 Å². The molecule has 0 bridgehead atoms. The summed E-state index contributed by atoms with van der Waals surface area (Å²) in [5.74, 6) is -3.05. The van der Waals surface area contributed by atoms with Gasteiger partial charge in [0.25, 0.3) is 0 Å². The zero-order valence-corrected chi connectivity index (χ0v) is 42.0. The second kappa shape index (κ2) is 27.7. The molecule has 0 saturated carbocycles. The molecule has 3 saturated heterocycles. The van der Waals surface area contributed by atoms with E-state index in [1.54, 1.807) is 53.6 Å². The van der Waals surface area contributed by atoms with Crippen molar-refractivity contribution in [3.8, 4) is 0 Å². The molecule has 15 atom stereocenters. The fraction of sp³-hybridized carbons (Fsp3) is 0.780. The summed E-state index contributed by atoms with van der Waals surface area (Å²) in [7, 11) is 4.93. The van der Waals surface area contributed by atoms with E-state index in [1.807, 2.05) is 25.1 Å². The van der Waals surface area contributed by atoms with Crippen LogP contribution >= 0.6 is 0 Å². The van der Waals surface area contributed by atoms with Gasteiger partial charge in [-0.25, -0.2) is 0 Å². The van der Waals surface area contributed by atoms with Crippen LogP contribution in [0.3, 0.4) is 0 Å². The molecule has 3 aliphatic rings. The summed E-state index contributed by atoms with van der Waals surface area (Å²) in [6, 6.07) is 9.50. The van der Waals surface area contributed by atoms with Crippen molar-refractivity contribution in [2.45, 2.75) is 192 Å². The Labute approximate surface area is 403 Å². The number of amides is 1. The zero-order chi connectivity index (χ0) is 50.1. The molecule has 0 aliphatic carbocycles. The molecule has 386 valence electrons. The van der Waals surface area contributed by atoms with Crippen LogP contribution in [0, 0.1) is 11.8 Å². The van der Waals surface area contributed by atoms with Gasteiger partial charge in [0.2, 0.25) is 5.91 Å². The van der Waals surface area contributed by atoms with Crippen molar-refractivity contribution in [2.24, 2.45) is 11.8 Å². The number of ether oxygens (including phenoxy) is 8. The van der Waals surface area contributed by atoms with Gasteiger partial charge in [0.05, 0.1) is 36.9 Å². The molecular formula is C50H81N3O15. The van der Waals surface area contributed by atoms with E-state index in [2.05, 4.69) is 22.3 Å². The smallest absolute Gasteiger partial charge is 0.306 e. The molecule has 18 heteroatoms. The van der Waals surface area contributed by atoms with Crippen molar-refractivity contribution in [3.63, 3.8) is 0 Å². The lowest BCUT2D eigenvalue weighted by Crippen LogP contribution is -2.66. The molecule has 1 amide bonds. The molecule has 4 rings (SSSR count). The number of likely N-dealkylation sites (N-methyl/N-ethyl adjacent to an activating group) is 1. The van der Waals surface area contributed by atoms with E-state index in [1.165, 1.54) is 19.6 Å². The molecule has 5 unspecified atom stereocenters. The first-order valence-corrected chi connectivity index (χ1v) is 24.6. The van der Waals surface area contributed by atoms with Crippen molar-refractivity contribution in [3.05, 3.63) is 35.9 Å². The van der Waals surface area contributed by atoms with E-state index < -0.39 is 103 Å². The molecular weight excluding hydrogens is 883 g/mol. The van der Waals surface area contributed by atoms with Crippen molar-refractivity contribution in [1.82, 2.24) is 15.1 Å². The zero-order valence-electron chi connectivity index (χ0n) is 42.0. The standard InChI is InChI=1S/C50H81N3O15/c1-11-40(58)64-38-28-39(57)51-23-18-25-53(24-17-16-21-35-19-14-13-15-20-35)30-37(56)31(3)27-36(22-26-54)46(47(38)61-10)67-49-44(60)43(52(8)9)45(32(4)63-49)66-42-29-50(7,68-34(6)55)48(33(5)62-42)65-41(59)12-2/h13-15,19-20,26,31-33,36-38,42-49,56,60H,11-12,16-18,21-25,27-30H2,1-10H3,(H,51,57)/t31-,32?,33?,36+,37+,38-,42+,43?,44?,45-,46+,47+,48-,49+,50?/m1/s1. The first-order valence-electron chi connectivity index (χ1n) is 24.6. The number of aldehydes is 1. The number of carbonyl (C=O) groups excluding carboxylic acids is 5. The lowest BCUT2D eigenvalue weighted by Gasteiger charge is -2.50. The number of β-amino-alcohol motifs (C(OH)–C–C–N with tert-alkyl or cyclic N) is 1. The number of nitrogens with one attached hydrogen (secondary N) is 1. The first-order chi connectivity index (χ1) is 32.3. The van der Waals surface area contributed by atoms with Gasteiger partial charge in [-0.1, -0.05) is 51.1 Å². The first kappa shape index (κ1) is 57.0. The maximum Gasteiger partial charge on any atom is 0.306 e. The second-order valence-corrected chi connectivity index (χ2v) is 19.2. The van der Waals surface area contributed by atoms with Crippen LogP contribution in [0.2, 0.25) is 0 Å². The summed E-state index contributed by atoms with van der Waals surface area (Å²) >= 11 is 0. The Hall–Kier alpha value is -3.59. The third-order valence-corrected chi connectivity index (χ3v) is 13.4. The van der Waals surface area contributed by atoms with Crippen LogP contribution in [0.15, 0.2) is 30.3 Å². The average molecular weight is 964 g/mol. The Morgan fingerprint density at radius 1 is 0.956 bits per heavy atom. The molecule has 1 aromatic carbocycles. The van der Waals surface area contributed by atoms with E-state index in [4.69, 9.17) is 37.9 Å². The minimum Gasteiger partial charge on any atom is -0.459 e. The quantitative estimate of drug-likeness (QED) is 0.0827. The van der Waals surface area contributed by atoms with E-state index >= 15 is 0 Å². The summed E-state index contributed by atoms with van der Waals surface area (Å²) in [6.45, 7) is 13.7. The van der Waals surface area contributed by atoms with E-state index in [0.29, 0.717) is 26.1 Å². The predicted octanol–water partition coefficient (Wildman–Crippen LogP) is 3.74. The Morgan fingerprint density at radius 3 is 2.28 bits per heavy atom. The molecule has 0 aromatic heterocycles. The number of unbranched alkanes of at least 4 members (excludes halogenated alkanes) is 1. The van der Waals surface area contributed by atoms with Crippen LogP contribution in [-0.4, -0.2) is 177 Å². The highest BCUT2D eigenvalue weighted by Gasteiger charge is 2.54. The molecule has 3 fully saturated rings. The number of aliphatic hydroxyl groups is 2. The second-order valence-electron chi connectivity index (χ2n) is 19.2. The van der Waals surface area contributed by atoms with Crippen LogP contribution in [0.1, 0.15) is 112 Å². The van der Waals surface area contributed by atoms with Gasteiger partial charge in [-0.3, -0.25) is 19.2 Å². The van der Waals surface area contributed by atoms with Gasteiger partial charge in [-0.2, -0.15) is 0 Å². The van der Waals surface area contributed by atoms with Crippen LogP contribution in [0.5, 0.6) is 0 Å². The average Bonchev–Trinajstić information content (AvgIpc) is 3.28. The maximum atomic E-state index is 13.7. The van der Waals surface area contributed by atoms with Crippen LogP contribution in [0.25, 0.3) is 0 Å². The molecule has 68 heavy (non-hydrogen) atoms. The summed E-state index contributed by atoms with van der Waals surface area (Å²) in [4.78, 5) is 68.0. The maximum absolute atomic E-state index is 13.7. The third kappa shape index (κ3) is 16.5. The molecule has 0 spiro atoms. The Morgan fingerprint density at radius 2 is 1.65 bits per heavy atom. The molecule has 3 N–H and O–H groups in total. The number of carbonyl (C=O) groups is 5. The Balaban J connectivity index is 1.64. The number of hydrogen-bond acceptors (Lipinski definition) is 17. The summed E-state index contributed by atoms with van der Waals surface area (Å²) in [6.07, 6.45) is -7.06. The largest absolute Gasteiger partial charge is 0.459 e. The number of aryl methyl sites for hydroxylation is 1. The van der Waals surface area contributed by atoms with Crippen molar-refractivity contribution < 1.29 is 72.1 Å². The number of aliphatic hydroxyl groups excluding tert-OH is 2. The number of esters is 3. The van der Waals surface area contributed by atoms with E-state index in [9.17, 15) is 34.2 Å². The number of methoxy groups -OCH3 is 1. The van der Waals surface area contributed by atoms with E-state index in [-0.39, 0.29) is 50.4 Å². The molecule has 18 nitrogen and oxygen atoms in total. The lowest BCUT2D eigenvalue weighted by atomic mass is 9.82. The molecule has 1 aromatic rings. The highest BCUT2D eigenvalue weighted by Crippen LogP contribution is 2.39. The summed E-state index contributed by atoms with van der Waals surface area (Å²) < 4.78 is 49.7. The SMILES string of the molecule is CCC(=O)O[C@@H]1C(C)O[C@@H](O[C@@H]2C(C)O[C@@H](O[C@H]3[C@@H](CC=O)C[C@@H](C)[C@@H](O)CN(CCCCc4ccccc4)CCCNC(=O)C[C@@H](OC(=O)CC)[C@@H]3OC)C(O)C2N(C)C)CC1(C)OC(C)=O. The highest BCUT2D eigenvalue weighted by molar-refractivity contribution is 5.77. The number of rotatable bonds is 18. The topological polar surface area (TPSA) is 218 Å². The fourth-order valence-corrected chi connectivity index (χ4v) is 9.88. The van der Waals surface area contributed by atoms with Crippen LogP contribution < -0.4 is 5.32 Å². The van der Waals surface area contributed by atoms with E-state index in [0.717, 1.165) is 32.1 Å². The minimum atomic E-state index is -1.41. The van der Waals surface area contributed by atoms with Gasteiger partial charge >= 0.3 is 17.9 Å². The third-order valence-electron chi connectivity index (χ3n) is 13.4. The minimum absolute atomic E-state index is 0.00948. The van der Waals surface area contributed by atoms with Gasteiger partial charge in [0.1, 0.15) is 30.7 Å². The number of hydrogen-bond donors (Lipinski definition) is 3. The van der Waals surface area contributed by atoms with Gasteiger partial charge < -0.3 is 68.0 Å². The van der Waals surface area contributed by atoms with Gasteiger partial charge in [0.15, 0.2) is 24.3 Å². The predicted molar refractivity (Wildman–Crippen MR) is 250 cm³/mol. The number of benzene rings is 1. The fourth-order valence-electron chi connectivity index (χ4n) is 9.88. The van der Waals surface area contributed by atoms with Gasteiger partial charge in [-0.15, -0.1) is 0 Å². The monoisotopic (exact) mass is 964 g/mol. The summed E-state index contributed by atoms with van der Waals surface area (Å²) in [5, 5.41) is 27.1. The van der Waals surface area contributed by atoms with Gasteiger partial charge in [-0.05, 0) is 97.5 Å². The van der Waals surface area contributed by atoms with Gasteiger partial charge in [0, 0.05) is 52.8 Å². The molecule has 3 aliphatic heterocycles. The Kier molecular flexibility index (Phi) is 23.2. The summed E-state index contributed by atoms with van der Waals surface area (Å²) in [5.41, 5.74) is -0.0490. The number of nitrogens with zero attached hydrogens (tertiary/aromatic N) is 2. The van der Waals surface area contributed by atoms with Crippen molar-refractivity contribution in [2.75, 3.05) is 47.4 Å². The lowest BCUT2D eigenvalue weighted by molar-refractivity contribution is -0.344. The van der Waals surface area contributed by atoms with Crippen molar-refractivity contribution >= 4 is 30.1 Å². The highest BCUT2D eigenvalue weighted by atomic mass is 16.7. The van der Waals surface area contributed by atoms with Crippen LogP contribution in [-0.2, 0) is 68.3 Å². The van der Waals surface area contributed by atoms with Crippen molar-refractivity contribution in [1.29, 1.82) is 0 Å². The molecule has 3 heterocycles. The Bertz CT molecular complexity index is 1720. The molecule has 0 radical (unpaired) electrons. The normalized spacial score (nSPS) is 34.8.